The monoisotopic (exact) mass is 344 g/mol. The van der Waals surface area contributed by atoms with Crippen molar-refractivity contribution in [3.63, 3.8) is 0 Å². The van der Waals surface area contributed by atoms with Crippen LogP contribution in [0.5, 0.6) is 0 Å². The largest absolute Gasteiger partial charge is 0.462 e. The van der Waals surface area contributed by atoms with Crippen LogP contribution < -0.4 is 5.73 Å². The molecule has 0 amide bonds. The van der Waals surface area contributed by atoms with Crippen molar-refractivity contribution in [2.45, 2.75) is 19.8 Å². The average Bonchev–Trinajstić information content (AvgIpc) is 2.88. The van der Waals surface area contributed by atoms with Gasteiger partial charge in [0.25, 0.3) is 0 Å². The van der Waals surface area contributed by atoms with E-state index in [1.807, 2.05) is 24.3 Å². The number of fused-ring (bicyclic) bond motifs is 2. The number of benzene rings is 1. The van der Waals surface area contributed by atoms with E-state index in [0.717, 1.165) is 0 Å². The maximum absolute atomic E-state index is 12.4. The van der Waals surface area contributed by atoms with E-state index in [2.05, 4.69) is 9.97 Å². The van der Waals surface area contributed by atoms with Crippen molar-refractivity contribution in [3.8, 4) is 0 Å². The lowest BCUT2D eigenvalue weighted by Gasteiger charge is -2.15. The molecule has 0 bridgehead atoms. The van der Waals surface area contributed by atoms with Crippen LogP contribution in [-0.4, -0.2) is 47.6 Å². The summed E-state index contributed by atoms with van der Waals surface area (Å²) in [4.78, 5) is 21.6. The molecule has 25 heavy (non-hydrogen) atoms. The molecule has 0 aliphatic heterocycles. The first kappa shape index (κ1) is 17.1. The van der Waals surface area contributed by atoms with Gasteiger partial charge in [0.05, 0.1) is 24.2 Å². The van der Waals surface area contributed by atoms with E-state index in [0.29, 0.717) is 22.2 Å². The van der Waals surface area contributed by atoms with E-state index in [4.69, 9.17) is 19.9 Å². The summed E-state index contributed by atoms with van der Waals surface area (Å²) in [7, 11) is 3.06. The lowest BCUT2D eigenvalue weighted by atomic mass is 10.2. The number of ether oxygens (including phenoxy) is 3. The molecule has 0 radical (unpaired) electrons. The van der Waals surface area contributed by atoms with Crippen LogP contribution in [0, 0.1) is 0 Å². The molecule has 132 valence electrons. The zero-order valence-electron chi connectivity index (χ0n) is 14.4. The van der Waals surface area contributed by atoms with E-state index in [-0.39, 0.29) is 24.5 Å². The van der Waals surface area contributed by atoms with Crippen molar-refractivity contribution in [3.05, 3.63) is 29.8 Å². The molecule has 0 aliphatic carbocycles. The first-order valence-corrected chi connectivity index (χ1v) is 7.87. The van der Waals surface area contributed by atoms with Gasteiger partial charge in [0.1, 0.15) is 16.9 Å². The Kier molecular flexibility index (Phi) is 4.82. The third-order valence-electron chi connectivity index (χ3n) is 3.93. The van der Waals surface area contributed by atoms with Crippen LogP contribution in [0.1, 0.15) is 17.3 Å². The number of carbonyl (C=O) groups excluding carboxylic acids is 1. The molecular formula is C17H20N4O4. The van der Waals surface area contributed by atoms with Crippen LogP contribution in [0.3, 0.4) is 0 Å². The number of methoxy groups -OCH3 is 2. The number of para-hydroxylation sites is 2. The van der Waals surface area contributed by atoms with E-state index >= 15 is 0 Å². The highest BCUT2D eigenvalue weighted by atomic mass is 16.7. The maximum atomic E-state index is 12.4. The summed E-state index contributed by atoms with van der Waals surface area (Å²) in [6.45, 7) is 2.24. The van der Waals surface area contributed by atoms with Crippen LogP contribution in [0.25, 0.3) is 22.2 Å². The molecule has 2 aromatic heterocycles. The molecule has 0 atom stereocenters. The number of rotatable bonds is 6. The first-order chi connectivity index (χ1) is 12.1. The van der Waals surface area contributed by atoms with Gasteiger partial charge in [0, 0.05) is 14.2 Å². The van der Waals surface area contributed by atoms with E-state index in [1.165, 1.54) is 14.2 Å². The molecular weight excluding hydrogens is 324 g/mol. The third-order valence-corrected chi connectivity index (χ3v) is 3.93. The van der Waals surface area contributed by atoms with Crippen LogP contribution in [-0.2, 0) is 20.8 Å². The summed E-state index contributed by atoms with van der Waals surface area (Å²) in [6.07, 6.45) is -0.541. The first-order valence-electron chi connectivity index (χ1n) is 7.87. The molecule has 2 N–H and O–H groups in total. The number of nitrogens with zero attached hydrogens (tertiary/aromatic N) is 3. The Bertz CT molecular complexity index is 918. The van der Waals surface area contributed by atoms with Gasteiger partial charge in [-0.15, -0.1) is 0 Å². The topological polar surface area (TPSA) is 101 Å². The molecule has 0 fully saturated rings. The summed E-state index contributed by atoms with van der Waals surface area (Å²) < 4.78 is 17.3. The molecule has 2 heterocycles. The van der Waals surface area contributed by atoms with Crippen LogP contribution in [0.4, 0.5) is 5.82 Å². The van der Waals surface area contributed by atoms with Gasteiger partial charge in [-0.2, -0.15) is 0 Å². The average molecular weight is 344 g/mol. The van der Waals surface area contributed by atoms with Crippen molar-refractivity contribution in [2.75, 3.05) is 26.6 Å². The summed E-state index contributed by atoms with van der Waals surface area (Å²) in [6, 6.07) is 7.42. The summed E-state index contributed by atoms with van der Waals surface area (Å²) in [5, 5.41) is 0. The molecule has 0 aliphatic rings. The standard InChI is InChI=1S/C17H20N4O4/c1-4-25-17(22)13-14-16(20-11-8-6-5-7-10(11)19-14)21(15(13)18)9-12(23-2)24-3/h5-8,12H,4,9,18H2,1-3H3. The Hall–Kier alpha value is -2.71. The minimum atomic E-state index is -0.541. The zero-order valence-corrected chi connectivity index (χ0v) is 14.4. The second-order valence-corrected chi connectivity index (χ2v) is 5.38. The maximum Gasteiger partial charge on any atom is 0.344 e. The predicted octanol–water partition coefficient (Wildman–Crippen LogP) is 1.96. The molecule has 0 saturated carbocycles. The Morgan fingerprint density at radius 3 is 2.44 bits per heavy atom. The molecule has 0 spiro atoms. The van der Waals surface area contributed by atoms with E-state index < -0.39 is 12.3 Å². The van der Waals surface area contributed by atoms with E-state index in [1.54, 1.807) is 11.5 Å². The lowest BCUT2D eigenvalue weighted by molar-refractivity contribution is -0.110. The number of aromatic nitrogens is 3. The second-order valence-electron chi connectivity index (χ2n) is 5.38. The van der Waals surface area contributed by atoms with Gasteiger partial charge < -0.3 is 24.5 Å². The molecule has 0 unspecified atom stereocenters. The second kappa shape index (κ2) is 7.04. The minimum absolute atomic E-state index is 0.209. The fourth-order valence-electron chi connectivity index (χ4n) is 2.70. The van der Waals surface area contributed by atoms with Crippen molar-refractivity contribution < 1.29 is 19.0 Å². The quantitative estimate of drug-likeness (QED) is 0.539. The molecule has 1 aromatic carbocycles. The number of anilines is 1. The highest BCUT2D eigenvalue weighted by molar-refractivity contribution is 6.08. The van der Waals surface area contributed by atoms with Gasteiger partial charge in [-0.25, -0.2) is 14.8 Å². The van der Waals surface area contributed by atoms with Gasteiger partial charge in [0.15, 0.2) is 11.9 Å². The van der Waals surface area contributed by atoms with Gasteiger partial charge in [-0.3, -0.25) is 0 Å². The minimum Gasteiger partial charge on any atom is -0.462 e. The summed E-state index contributed by atoms with van der Waals surface area (Å²) in [5.74, 6) is -0.303. The number of hydrogen-bond acceptors (Lipinski definition) is 7. The van der Waals surface area contributed by atoms with Gasteiger partial charge in [-0.05, 0) is 19.1 Å². The fraction of sp³-hybridized carbons (Fsp3) is 0.353. The Balaban J connectivity index is 2.27. The van der Waals surface area contributed by atoms with Crippen LogP contribution >= 0.6 is 0 Å². The van der Waals surface area contributed by atoms with E-state index in [9.17, 15) is 4.79 Å². The number of nitrogens with two attached hydrogens (primary N) is 1. The van der Waals surface area contributed by atoms with Gasteiger partial charge in [-0.1, -0.05) is 12.1 Å². The van der Waals surface area contributed by atoms with Crippen LogP contribution in [0.15, 0.2) is 24.3 Å². The zero-order chi connectivity index (χ0) is 18.0. The number of esters is 1. The Morgan fingerprint density at radius 2 is 1.84 bits per heavy atom. The predicted molar refractivity (Wildman–Crippen MR) is 93.2 cm³/mol. The number of carbonyl (C=O) groups is 1. The van der Waals surface area contributed by atoms with Gasteiger partial charge >= 0.3 is 5.97 Å². The fourth-order valence-corrected chi connectivity index (χ4v) is 2.70. The highest BCUT2D eigenvalue weighted by Crippen LogP contribution is 2.29. The normalized spacial score (nSPS) is 11.5. The van der Waals surface area contributed by atoms with Crippen LogP contribution in [0.2, 0.25) is 0 Å². The number of hydrogen-bond donors (Lipinski definition) is 1. The lowest BCUT2D eigenvalue weighted by Crippen LogP contribution is -2.22. The molecule has 3 aromatic rings. The molecule has 8 nitrogen and oxygen atoms in total. The van der Waals surface area contributed by atoms with Gasteiger partial charge in [0.2, 0.25) is 0 Å². The molecule has 8 heteroatoms. The SMILES string of the molecule is CCOC(=O)c1c(N)n(CC(OC)OC)c2nc3ccccc3nc12. The summed E-state index contributed by atoms with van der Waals surface area (Å²) >= 11 is 0. The van der Waals surface area contributed by atoms with Crippen molar-refractivity contribution in [1.82, 2.24) is 14.5 Å². The number of nitrogen functional groups attached to an aromatic ring is 1. The Labute approximate surface area is 144 Å². The molecule has 0 saturated heterocycles. The summed E-state index contributed by atoms with van der Waals surface area (Å²) in [5.41, 5.74) is 8.71. The van der Waals surface area contributed by atoms with Crippen molar-refractivity contribution >= 4 is 34.0 Å². The smallest absolute Gasteiger partial charge is 0.344 e. The van der Waals surface area contributed by atoms with Crippen molar-refractivity contribution in [2.24, 2.45) is 0 Å². The Morgan fingerprint density at radius 1 is 1.20 bits per heavy atom. The third kappa shape index (κ3) is 3.01. The highest BCUT2D eigenvalue weighted by Gasteiger charge is 2.26. The van der Waals surface area contributed by atoms with Crippen molar-refractivity contribution in [1.29, 1.82) is 0 Å². The molecule has 3 rings (SSSR count).